The molecule has 1 heterocycles. The molecule has 3 rings (SSSR count). The fraction of sp³-hybridized carbons (Fsp3) is 0.111. The van der Waals surface area contributed by atoms with Crippen LogP contribution in [0.3, 0.4) is 0 Å². The van der Waals surface area contributed by atoms with Gasteiger partial charge in [0.1, 0.15) is 23.0 Å². The fourth-order valence-corrected chi connectivity index (χ4v) is 3.40. The first-order valence-electron chi connectivity index (χ1n) is 7.88. The van der Waals surface area contributed by atoms with E-state index in [4.69, 9.17) is 4.74 Å². The summed E-state index contributed by atoms with van der Waals surface area (Å²) in [6.45, 7) is 0. The van der Waals surface area contributed by atoms with Crippen molar-refractivity contribution < 1.29 is 57.5 Å². The van der Waals surface area contributed by atoms with Crippen LogP contribution in [-0.2, 0) is 0 Å². The first kappa shape index (κ1) is 20.6. The van der Waals surface area contributed by atoms with E-state index in [9.17, 15) is 52.8 Å². The highest BCUT2D eigenvalue weighted by atomic mass is 19.4. The molecule has 1 aliphatic heterocycles. The molecule has 0 saturated heterocycles. The molecule has 0 aromatic heterocycles. The van der Waals surface area contributed by atoms with Crippen LogP contribution in [0.2, 0.25) is 0 Å². The summed E-state index contributed by atoms with van der Waals surface area (Å²) in [4.78, 5) is 46.9. The predicted octanol–water partition coefficient (Wildman–Crippen LogP) is 3.28. The van der Waals surface area contributed by atoms with Gasteiger partial charge in [0, 0.05) is 11.1 Å². The van der Waals surface area contributed by atoms with Crippen molar-refractivity contribution in [2.75, 3.05) is 0 Å². The summed E-state index contributed by atoms with van der Waals surface area (Å²) in [7, 11) is 0. The minimum atomic E-state index is -5.20. The van der Waals surface area contributed by atoms with Gasteiger partial charge in [-0.25, -0.2) is 19.2 Å². The van der Waals surface area contributed by atoms with Gasteiger partial charge in [-0.2, -0.15) is 13.2 Å². The number of para-hydroxylation sites is 1. The van der Waals surface area contributed by atoms with Crippen LogP contribution in [-0.4, -0.2) is 50.5 Å². The Morgan fingerprint density at radius 3 is 1.70 bits per heavy atom. The van der Waals surface area contributed by atoms with Gasteiger partial charge in [-0.1, -0.05) is 18.2 Å². The number of carbonyl (C=O) groups is 4. The van der Waals surface area contributed by atoms with Crippen molar-refractivity contribution in [3.8, 4) is 11.5 Å². The number of fused-ring (bicyclic) bond motifs is 2. The second-order valence-electron chi connectivity index (χ2n) is 6.08. The number of carboxylic acids is 4. The van der Waals surface area contributed by atoms with Crippen molar-refractivity contribution in [2.24, 2.45) is 0 Å². The van der Waals surface area contributed by atoms with Gasteiger partial charge in [-0.05, 0) is 6.07 Å². The highest BCUT2D eigenvalue weighted by Gasteiger charge is 2.52. The first-order chi connectivity index (χ1) is 13.9. The summed E-state index contributed by atoms with van der Waals surface area (Å²) in [6.07, 6.45) is -5.20. The molecule has 1 atom stereocenters. The molecule has 2 aromatic carbocycles. The second kappa shape index (κ2) is 6.76. The van der Waals surface area contributed by atoms with E-state index >= 15 is 0 Å². The molecule has 9 nitrogen and oxygen atoms in total. The molecule has 0 bridgehead atoms. The van der Waals surface area contributed by atoms with Gasteiger partial charge in [0.25, 0.3) is 0 Å². The minimum absolute atomic E-state index is 0.481. The highest BCUT2D eigenvalue weighted by Crippen LogP contribution is 2.54. The van der Waals surface area contributed by atoms with Gasteiger partial charge in [0.2, 0.25) is 0 Å². The zero-order valence-electron chi connectivity index (χ0n) is 14.4. The van der Waals surface area contributed by atoms with Crippen LogP contribution in [0.1, 0.15) is 58.5 Å². The van der Waals surface area contributed by atoms with Gasteiger partial charge in [-0.15, -0.1) is 0 Å². The molecule has 0 aliphatic carbocycles. The van der Waals surface area contributed by atoms with Crippen molar-refractivity contribution in [1.29, 1.82) is 0 Å². The Balaban J connectivity index is 2.65. The molecule has 2 aromatic rings. The summed E-state index contributed by atoms with van der Waals surface area (Å²) in [5.74, 6) is -13.1. The average Bonchev–Trinajstić information content (AvgIpc) is 2.62. The Labute approximate surface area is 163 Å². The van der Waals surface area contributed by atoms with E-state index in [2.05, 4.69) is 0 Å². The van der Waals surface area contributed by atoms with Crippen LogP contribution in [0.25, 0.3) is 0 Å². The van der Waals surface area contributed by atoms with E-state index in [-0.39, 0.29) is 0 Å². The molecule has 0 fully saturated rings. The third-order valence-electron chi connectivity index (χ3n) is 4.40. The van der Waals surface area contributed by atoms with Crippen LogP contribution < -0.4 is 4.74 Å². The molecule has 4 N–H and O–H groups in total. The Kier molecular flexibility index (Phi) is 4.65. The lowest BCUT2D eigenvalue weighted by Gasteiger charge is -2.32. The third kappa shape index (κ3) is 2.98. The Bertz CT molecular complexity index is 1130. The van der Waals surface area contributed by atoms with Crippen LogP contribution in [0.15, 0.2) is 24.3 Å². The van der Waals surface area contributed by atoms with E-state index in [0.29, 0.717) is 0 Å². The number of rotatable bonds is 4. The summed E-state index contributed by atoms with van der Waals surface area (Å²) in [5.41, 5.74) is -7.90. The van der Waals surface area contributed by atoms with Gasteiger partial charge in [-0.3, -0.25) is 0 Å². The lowest BCUT2D eigenvalue weighted by atomic mass is 9.79. The zero-order valence-corrected chi connectivity index (χ0v) is 14.4. The van der Waals surface area contributed by atoms with Crippen LogP contribution in [0.5, 0.6) is 11.5 Å². The van der Waals surface area contributed by atoms with Gasteiger partial charge in [0.05, 0.1) is 16.7 Å². The maximum atomic E-state index is 14.0. The van der Waals surface area contributed by atoms with E-state index in [1.165, 1.54) is 12.1 Å². The average molecular weight is 426 g/mol. The Morgan fingerprint density at radius 1 is 0.767 bits per heavy atom. The van der Waals surface area contributed by atoms with E-state index in [1.807, 2.05) is 0 Å². The number of hydrogen-bond donors (Lipinski definition) is 4. The standard InChI is InChI=1S/C18H9F3O9/c19-18(20,21)12-5-3-1-2-4-6(5)30-13-10(12)8(15(24)25)7(14(22)23)9(16(26)27)11(13)17(28)29/h1-4,12H,(H,22,23)(H,24,25)(H,26,27)(H,28,29). The van der Waals surface area contributed by atoms with Crippen molar-refractivity contribution >= 4 is 23.9 Å². The third-order valence-corrected chi connectivity index (χ3v) is 4.40. The Hall–Kier alpha value is -4.09. The molecule has 0 amide bonds. The normalized spacial score (nSPS) is 14.8. The van der Waals surface area contributed by atoms with E-state index in [1.54, 1.807) is 0 Å². The van der Waals surface area contributed by atoms with Crippen LogP contribution in [0, 0.1) is 0 Å². The molecule has 12 heteroatoms. The monoisotopic (exact) mass is 426 g/mol. The molecule has 0 radical (unpaired) electrons. The molecular weight excluding hydrogens is 417 g/mol. The topological polar surface area (TPSA) is 158 Å². The lowest BCUT2D eigenvalue weighted by molar-refractivity contribution is -0.142. The number of aromatic carboxylic acids is 4. The van der Waals surface area contributed by atoms with Gasteiger partial charge < -0.3 is 25.2 Å². The SMILES string of the molecule is O=C(O)c1c2c(c(C(=O)O)c(C(=O)O)c1C(=O)O)C(C(F)(F)F)c1ccccc1O2. The number of alkyl halides is 3. The Morgan fingerprint density at radius 2 is 1.23 bits per heavy atom. The zero-order chi connectivity index (χ0) is 22.5. The lowest BCUT2D eigenvalue weighted by Crippen LogP contribution is -2.31. The molecule has 0 spiro atoms. The minimum Gasteiger partial charge on any atom is -0.478 e. The second-order valence-corrected chi connectivity index (χ2v) is 6.08. The van der Waals surface area contributed by atoms with Gasteiger partial charge >= 0.3 is 30.1 Å². The van der Waals surface area contributed by atoms with Crippen LogP contribution >= 0.6 is 0 Å². The maximum absolute atomic E-state index is 14.0. The summed E-state index contributed by atoms with van der Waals surface area (Å²) >= 11 is 0. The highest BCUT2D eigenvalue weighted by molar-refractivity contribution is 6.16. The first-order valence-corrected chi connectivity index (χ1v) is 7.88. The van der Waals surface area contributed by atoms with Crippen molar-refractivity contribution in [1.82, 2.24) is 0 Å². The molecule has 1 unspecified atom stereocenters. The van der Waals surface area contributed by atoms with Crippen LogP contribution in [0.4, 0.5) is 13.2 Å². The number of ether oxygens (including phenoxy) is 1. The molecule has 156 valence electrons. The molecule has 1 aliphatic rings. The number of carboxylic acid groups (broad SMARTS) is 4. The number of halogens is 3. The largest absolute Gasteiger partial charge is 0.478 e. The van der Waals surface area contributed by atoms with Gasteiger partial charge in [0.15, 0.2) is 0 Å². The quantitative estimate of drug-likeness (QED) is 0.575. The summed E-state index contributed by atoms with van der Waals surface area (Å²) in [6, 6.07) is 4.45. The molecule has 0 saturated carbocycles. The summed E-state index contributed by atoms with van der Waals surface area (Å²) in [5, 5.41) is 37.8. The molecule has 30 heavy (non-hydrogen) atoms. The maximum Gasteiger partial charge on any atom is 0.399 e. The smallest absolute Gasteiger partial charge is 0.399 e. The van der Waals surface area contributed by atoms with E-state index in [0.717, 1.165) is 12.1 Å². The predicted molar refractivity (Wildman–Crippen MR) is 88.7 cm³/mol. The van der Waals surface area contributed by atoms with E-state index < -0.39 is 80.9 Å². The number of hydrogen-bond acceptors (Lipinski definition) is 5. The summed E-state index contributed by atoms with van der Waals surface area (Å²) < 4.78 is 47.2. The molecular formula is C18H9F3O9. The number of benzene rings is 2. The van der Waals surface area contributed by atoms with Crippen molar-refractivity contribution in [3.63, 3.8) is 0 Å². The van der Waals surface area contributed by atoms with Crippen molar-refractivity contribution in [2.45, 2.75) is 12.1 Å². The fourth-order valence-electron chi connectivity index (χ4n) is 3.40. The van der Waals surface area contributed by atoms with Crippen molar-refractivity contribution in [3.05, 3.63) is 57.6 Å².